The third-order valence-electron chi connectivity index (χ3n) is 2.99. The van der Waals surface area contributed by atoms with E-state index in [4.69, 9.17) is 11.6 Å². The van der Waals surface area contributed by atoms with E-state index in [0.717, 1.165) is 6.42 Å². The van der Waals surface area contributed by atoms with Gasteiger partial charge in [0.2, 0.25) is 0 Å². The molecule has 0 aliphatic carbocycles. The Morgan fingerprint density at radius 2 is 2.06 bits per heavy atom. The molecular weight excluding hydrogens is 238 g/mol. The normalized spacial score (nSPS) is 14.2. The van der Waals surface area contributed by atoms with Gasteiger partial charge in [-0.05, 0) is 19.8 Å². The molecule has 94 valence electrons. The molecule has 0 aromatic carbocycles. The lowest BCUT2D eigenvalue weighted by Gasteiger charge is -2.21. The van der Waals surface area contributed by atoms with Crippen molar-refractivity contribution in [1.82, 2.24) is 9.97 Å². The maximum Gasteiger partial charge on any atom is 0.156 e. The molecule has 1 aromatic rings. The van der Waals surface area contributed by atoms with Crippen molar-refractivity contribution in [2.45, 2.75) is 40.2 Å². The van der Waals surface area contributed by atoms with Crippen LogP contribution in [0.1, 0.15) is 43.4 Å². The van der Waals surface area contributed by atoms with Crippen LogP contribution in [0.15, 0.2) is 0 Å². The minimum Gasteiger partial charge on any atom is -0.367 e. The number of hydrogen-bond donors (Lipinski definition) is 1. The number of carbonyl (C=O) groups excluding carboxylic acids is 1. The summed E-state index contributed by atoms with van der Waals surface area (Å²) in [5.41, 5.74) is 0.326. The molecule has 1 rings (SSSR count). The number of nitrogens with zero attached hydrogens (tertiary/aromatic N) is 2. The standard InChI is InChI=1S/C12H18ClN3O/c1-5-7(2)8(3)14-12-10(6-17)11(13)15-9(4)16-12/h6-8H,5H2,1-4H3,(H,14,15,16). The molecule has 0 saturated heterocycles. The van der Waals surface area contributed by atoms with Crippen molar-refractivity contribution in [1.29, 1.82) is 0 Å². The number of anilines is 1. The number of nitrogens with one attached hydrogen (secondary N) is 1. The smallest absolute Gasteiger partial charge is 0.156 e. The zero-order valence-corrected chi connectivity index (χ0v) is 11.4. The third-order valence-corrected chi connectivity index (χ3v) is 3.28. The van der Waals surface area contributed by atoms with E-state index in [9.17, 15) is 4.79 Å². The van der Waals surface area contributed by atoms with Crippen molar-refractivity contribution in [2.75, 3.05) is 5.32 Å². The molecule has 17 heavy (non-hydrogen) atoms. The Kier molecular flexibility index (Phi) is 4.87. The van der Waals surface area contributed by atoms with E-state index in [1.54, 1.807) is 6.92 Å². The van der Waals surface area contributed by atoms with Crippen LogP contribution in [-0.4, -0.2) is 22.3 Å². The van der Waals surface area contributed by atoms with Gasteiger partial charge in [-0.1, -0.05) is 31.9 Å². The van der Waals surface area contributed by atoms with Gasteiger partial charge in [-0.3, -0.25) is 4.79 Å². The highest BCUT2D eigenvalue weighted by molar-refractivity contribution is 6.32. The molecule has 0 spiro atoms. The van der Waals surface area contributed by atoms with Gasteiger partial charge in [0.15, 0.2) is 6.29 Å². The first-order chi connectivity index (χ1) is 7.99. The molecule has 0 fully saturated rings. The molecular formula is C12H18ClN3O. The molecule has 2 atom stereocenters. The maximum absolute atomic E-state index is 11.0. The monoisotopic (exact) mass is 255 g/mol. The van der Waals surface area contributed by atoms with Crippen LogP contribution in [0, 0.1) is 12.8 Å². The van der Waals surface area contributed by atoms with Crippen molar-refractivity contribution in [3.05, 3.63) is 16.5 Å². The number of carbonyl (C=O) groups is 1. The lowest BCUT2D eigenvalue weighted by atomic mass is 10.0. The fourth-order valence-electron chi connectivity index (χ4n) is 1.47. The first-order valence-corrected chi connectivity index (χ1v) is 6.13. The summed E-state index contributed by atoms with van der Waals surface area (Å²) in [5.74, 6) is 1.56. The van der Waals surface area contributed by atoms with E-state index in [-0.39, 0.29) is 11.2 Å². The van der Waals surface area contributed by atoms with E-state index < -0.39 is 0 Å². The van der Waals surface area contributed by atoms with E-state index >= 15 is 0 Å². The molecule has 1 heterocycles. The van der Waals surface area contributed by atoms with Gasteiger partial charge >= 0.3 is 0 Å². The number of halogens is 1. The highest BCUT2D eigenvalue weighted by Crippen LogP contribution is 2.21. The van der Waals surface area contributed by atoms with Gasteiger partial charge in [0.25, 0.3) is 0 Å². The first kappa shape index (κ1) is 13.9. The van der Waals surface area contributed by atoms with E-state index in [1.165, 1.54) is 0 Å². The number of aromatic nitrogens is 2. The predicted octanol–water partition coefficient (Wildman–Crippen LogP) is 3.10. The van der Waals surface area contributed by atoms with Gasteiger partial charge in [0, 0.05) is 6.04 Å². The van der Waals surface area contributed by atoms with E-state index in [1.807, 2.05) is 0 Å². The molecule has 0 aliphatic heterocycles. The fourth-order valence-corrected chi connectivity index (χ4v) is 1.73. The van der Waals surface area contributed by atoms with Gasteiger partial charge in [-0.25, -0.2) is 9.97 Å². The zero-order chi connectivity index (χ0) is 13.0. The average molecular weight is 256 g/mol. The maximum atomic E-state index is 11.0. The molecule has 0 radical (unpaired) electrons. The molecule has 0 bridgehead atoms. The Labute approximate surface area is 107 Å². The quantitative estimate of drug-likeness (QED) is 0.649. The van der Waals surface area contributed by atoms with Crippen LogP contribution in [-0.2, 0) is 0 Å². The van der Waals surface area contributed by atoms with Crippen LogP contribution in [0.3, 0.4) is 0 Å². The highest BCUT2D eigenvalue weighted by Gasteiger charge is 2.15. The lowest BCUT2D eigenvalue weighted by molar-refractivity contribution is 0.112. The molecule has 0 saturated carbocycles. The van der Waals surface area contributed by atoms with Gasteiger partial charge in [0.05, 0.1) is 5.56 Å². The van der Waals surface area contributed by atoms with E-state index in [0.29, 0.717) is 29.4 Å². The van der Waals surface area contributed by atoms with Gasteiger partial charge in [-0.2, -0.15) is 0 Å². The SMILES string of the molecule is CCC(C)C(C)Nc1nc(C)nc(Cl)c1C=O. The van der Waals surface area contributed by atoms with Gasteiger partial charge < -0.3 is 5.32 Å². The molecule has 1 aromatic heterocycles. The Morgan fingerprint density at radius 1 is 1.41 bits per heavy atom. The lowest BCUT2D eigenvalue weighted by Crippen LogP contribution is -2.25. The summed E-state index contributed by atoms with van der Waals surface area (Å²) in [6.07, 6.45) is 1.75. The minimum atomic E-state index is 0.200. The van der Waals surface area contributed by atoms with Gasteiger partial charge in [-0.15, -0.1) is 0 Å². The van der Waals surface area contributed by atoms with Crippen molar-refractivity contribution in [3.63, 3.8) is 0 Å². The van der Waals surface area contributed by atoms with Crippen molar-refractivity contribution in [2.24, 2.45) is 5.92 Å². The second kappa shape index (κ2) is 5.96. The minimum absolute atomic E-state index is 0.200. The van der Waals surface area contributed by atoms with Crippen molar-refractivity contribution >= 4 is 23.7 Å². The summed E-state index contributed by atoms with van der Waals surface area (Å²) in [7, 11) is 0. The predicted molar refractivity (Wildman–Crippen MR) is 69.7 cm³/mol. The van der Waals surface area contributed by atoms with Gasteiger partial charge in [0.1, 0.15) is 16.8 Å². The molecule has 0 aliphatic rings. The second-order valence-corrected chi connectivity index (χ2v) is 4.62. The molecule has 0 amide bonds. The molecule has 5 heteroatoms. The summed E-state index contributed by atoms with van der Waals surface area (Å²) in [5, 5.41) is 3.43. The summed E-state index contributed by atoms with van der Waals surface area (Å²) in [6.45, 7) is 8.09. The summed E-state index contributed by atoms with van der Waals surface area (Å²) < 4.78 is 0. The summed E-state index contributed by atoms with van der Waals surface area (Å²) in [6, 6.07) is 0.226. The fraction of sp³-hybridized carbons (Fsp3) is 0.583. The Bertz CT molecular complexity index is 409. The van der Waals surface area contributed by atoms with Crippen LogP contribution in [0.2, 0.25) is 5.15 Å². The Balaban J connectivity index is 3.01. The largest absolute Gasteiger partial charge is 0.367 e. The number of aryl methyl sites for hydroxylation is 1. The second-order valence-electron chi connectivity index (χ2n) is 4.26. The van der Waals surface area contributed by atoms with Crippen LogP contribution < -0.4 is 5.32 Å². The zero-order valence-electron chi connectivity index (χ0n) is 10.6. The number of aldehydes is 1. The summed E-state index contributed by atoms with van der Waals surface area (Å²) in [4.78, 5) is 19.2. The van der Waals surface area contributed by atoms with Crippen LogP contribution >= 0.6 is 11.6 Å². The van der Waals surface area contributed by atoms with Crippen molar-refractivity contribution in [3.8, 4) is 0 Å². The first-order valence-electron chi connectivity index (χ1n) is 5.75. The molecule has 1 N–H and O–H groups in total. The molecule has 4 nitrogen and oxygen atoms in total. The van der Waals surface area contributed by atoms with Crippen molar-refractivity contribution < 1.29 is 4.79 Å². The Hall–Kier alpha value is -1.16. The number of rotatable bonds is 5. The van der Waals surface area contributed by atoms with Crippen LogP contribution in [0.4, 0.5) is 5.82 Å². The molecule has 2 unspecified atom stereocenters. The number of hydrogen-bond acceptors (Lipinski definition) is 4. The average Bonchev–Trinajstić information content (AvgIpc) is 2.27. The Morgan fingerprint density at radius 3 is 2.59 bits per heavy atom. The van der Waals surface area contributed by atoms with Crippen LogP contribution in [0.5, 0.6) is 0 Å². The highest BCUT2D eigenvalue weighted by atomic mass is 35.5. The van der Waals surface area contributed by atoms with Crippen LogP contribution in [0.25, 0.3) is 0 Å². The summed E-state index contributed by atoms with van der Waals surface area (Å²) >= 11 is 5.91. The third kappa shape index (κ3) is 3.40. The van der Waals surface area contributed by atoms with E-state index in [2.05, 4.69) is 36.1 Å². The topological polar surface area (TPSA) is 54.9 Å².